The number of nitrogens with zero attached hydrogens (tertiary/aromatic N) is 3. The first-order chi connectivity index (χ1) is 10.2. The minimum Gasteiger partial charge on any atom is -0.493 e. The molecule has 0 bridgehead atoms. The molecule has 0 fully saturated rings. The number of hydrogen-bond acceptors (Lipinski definition) is 6. The first-order valence-electron chi connectivity index (χ1n) is 6.34. The summed E-state index contributed by atoms with van der Waals surface area (Å²) in [6.07, 6.45) is 2.31. The van der Waals surface area contributed by atoms with Gasteiger partial charge in [0.2, 0.25) is 5.88 Å². The topological polar surface area (TPSA) is 103 Å². The SMILES string of the molecule is CCc1ccc(Oc2nnccc2/C(N)=N/O)c(OC)c1. The summed E-state index contributed by atoms with van der Waals surface area (Å²) >= 11 is 0. The molecule has 2 rings (SSSR count). The number of oxime groups is 1. The van der Waals surface area contributed by atoms with E-state index in [2.05, 4.69) is 22.3 Å². The average molecular weight is 288 g/mol. The van der Waals surface area contributed by atoms with Crippen molar-refractivity contribution in [3.63, 3.8) is 0 Å². The van der Waals surface area contributed by atoms with E-state index in [0.717, 1.165) is 12.0 Å². The lowest BCUT2D eigenvalue weighted by molar-refractivity contribution is 0.318. The van der Waals surface area contributed by atoms with Crippen LogP contribution < -0.4 is 15.2 Å². The van der Waals surface area contributed by atoms with E-state index in [-0.39, 0.29) is 11.7 Å². The lowest BCUT2D eigenvalue weighted by atomic mass is 10.1. The number of aromatic nitrogens is 2. The number of nitrogens with two attached hydrogens (primary N) is 1. The molecular formula is C14H16N4O3. The summed E-state index contributed by atoms with van der Waals surface area (Å²) in [5.74, 6) is 1.08. The Morgan fingerprint density at radius 3 is 2.81 bits per heavy atom. The van der Waals surface area contributed by atoms with Crippen LogP contribution in [0.2, 0.25) is 0 Å². The zero-order chi connectivity index (χ0) is 15.2. The Morgan fingerprint density at radius 2 is 2.14 bits per heavy atom. The van der Waals surface area contributed by atoms with E-state index < -0.39 is 0 Å². The van der Waals surface area contributed by atoms with Crippen LogP contribution in [0.25, 0.3) is 0 Å². The number of methoxy groups -OCH3 is 1. The molecule has 7 heteroatoms. The summed E-state index contributed by atoms with van der Waals surface area (Å²) in [6, 6.07) is 7.14. The highest BCUT2D eigenvalue weighted by Gasteiger charge is 2.14. The summed E-state index contributed by atoms with van der Waals surface area (Å²) in [5.41, 5.74) is 7.05. The number of ether oxygens (including phenoxy) is 2. The lowest BCUT2D eigenvalue weighted by Gasteiger charge is -2.12. The second kappa shape index (κ2) is 6.56. The van der Waals surface area contributed by atoms with Crippen LogP contribution in [-0.4, -0.2) is 28.4 Å². The summed E-state index contributed by atoms with van der Waals surface area (Å²) < 4.78 is 11.0. The maximum absolute atomic E-state index is 8.78. The van der Waals surface area contributed by atoms with Crippen molar-refractivity contribution >= 4 is 5.84 Å². The quantitative estimate of drug-likeness (QED) is 0.377. The molecule has 0 spiro atoms. The highest BCUT2D eigenvalue weighted by Crippen LogP contribution is 2.32. The Hall–Kier alpha value is -2.83. The number of hydrogen-bond donors (Lipinski definition) is 2. The number of aryl methyl sites for hydroxylation is 1. The van der Waals surface area contributed by atoms with Crippen LogP contribution >= 0.6 is 0 Å². The zero-order valence-electron chi connectivity index (χ0n) is 11.8. The highest BCUT2D eigenvalue weighted by atomic mass is 16.5. The molecule has 2 aromatic rings. The third kappa shape index (κ3) is 3.19. The van der Waals surface area contributed by atoms with Crippen LogP contribution in [0.4, 0.5) is 0 Å². The third-order valence-corrected chi connectivity index (χ3v) is 2.91. The molecule has 3 N–H and O–H groups in total. The molecule has 0 saturated carbocycles. The van der Waals surface area contributed by atoms with Gasteiger partial charge in [0.15, 0.2) is 17.3 Å². The van der Waals surface area contributed by atoms with Crippen LogP contribution in [0.5, 0.6) is 17.4 Å². The molecule has 110 valence electrons. The maximum Gasteiger partial charge on any atom is 0.250 e. The van der Waals surface area contributed by atoms with Gasteiger partial charge in [-0.25, -0.2) is 0 Å². The van der Waals surface area contributed by atoms with Crippen LogP contribution in [0.3, 0.4) is 0 Å². The Balaban J connectivity index is 2.39. The Morgan fingerprint density at radius 1 is 1.33 bits per heavy atom. The fraction of sp³-hybridized carbons (Fsp3) is 0.214. The Labute approximate surface area is 122 Å². The normalized spacial score (nSPS) is 11.2. The average Bonchev–Trinajstić information content (AvgIpc) is 2.55. The molecule has 0 amide bonds. The molecule has 1 aromatic carbocycles. The predicted molar refractivity (Wildman–Crippen MR) is 77.0 cm³/mol. The van der Waals surface area contributed by atoms with Gasteiger partial charge in [-0.15, -0.1) is 5.10 Å². The van der Waals surface area contributed by atoms with Gasteiger partial charge in [-0.05, 0) is 30.2 Å². The number of benzene rings is 1. The fourth-order valence-corrected chi connectivity index (χ4v) is 1.76. The molecule has 0 unspecified atom stereocenters. The molecule has 1 aromatic heterocycles. The van der Waals surface area contributed by atoms with Gasteiger partial charge in [0.25, 0.3) is 0 Å². The smallest absolute Gasteiger partial charge is 0.250 e. The Kier molecular flexibility index (Phi) is 4.55. The van der Waals surface area contributed by atoms with Crippen molar-refractivity contribution in [2.45, 2.75) is 13.3 Å². The molecule has 0 atom stereocenters. The van der Waals surface area contributed by atoms with Crippen LogP contribution in [0, 0.1) is 0 Å². The molecule has 0 saturated heterocycles. The second-order valence-corrected chi connectivity index (χ2v) is 4.18. The first-order valence-corrected chi connectivity index (χ1v) is 6.34. The number of rotatable bonds is 5. The fourth-order valence-electron chi connectivity index (χ4n) is 1.76. The van der Waals surface area contributed by atoms with Crippen molar-refractivity contribution in [2.75, 3.05) is 7.11 Å². The van der Waals surface area contributed by atoms with Gasteiger partial charge < -0.3 is 20.4 Å². The molecule has 0 aliphatic heterocycles. The van der Waals surface area contributed by atoms with E-state index in [1.54, 1.807) is 19.2 Å². The minimum absolute atomic E-state index is 0.107. The van der Waals surface area contributed by atoms with Crippen molar-refractivity contribution in [1.29, 1.82) is 0 Å². The summed E-state index contributed by atoms with van der Waals surface area (Å²) in [6.45, 7) is 2.05. The van der Waals surface area contributed by atoms with Gasteiger partial charge in [-0.3, -0.25) is 0 Å². The van der Waals surface area contributed by atoms with Crippen molar-refractivity contribution in [3.8, 4) is 17.4 Å². The van der Waals surface area contributed by atoms with Gasteiger partial charge in [-0.2, -0.15) is 5.10 Å². The standard InChI is InChI=1S/C14H16N4O3/c1-3-9-4-5-11(12(8-9)20-2)21-14-10(13(15)18-19)6-7-16-17-14/h4-8,19H,3H2,1-2H3,(H2,15,18). The molecule has 0 aliphatic carbocycles. The Bertz CT molecular complexity index is 658. The molecule has 21 heavy (non-hydrogen) atoms. The van der Waals surface area contributed by atoms with Gasteiger partial charge in [-0.1, -0.05) is 18.1 Å². The van der Waals surface area contributed by atoms with E-state index in [0.29, 0.717) is 17.1 Å². The van der Waals surface area contributed by atoms with Gasteiger partial charge in [0.1, 0.15) is 0 Å². The van der Waals surface area contributed by atoms with Crippen molar-refractivity contribution < 1.29 is 14.7 Å². The predicted octanol–water partition coefficient (Wildman–Crippen LogP) is 1.93. The van der Waals surface area contributed by atoms with Crippen molar-refractivity contribution in [1.82, 2.24) is 10.2 Å². The molecule has 0 aliphatic rings. The van der Waals surface area contributed by atoms with Gasteiger partial charge in [0, 0.05) is 0 Å². The van der Waals surface area contributed by atoms with E-state index in [1.165, 1.54) is 6.20 Å². The zero-order valence-corrected chi connectivity index (χ0v) is 11.8. The van der Waals surface area contributed by atoms with Crippen molar-refractivity contribution in [2.24, 2.45) is 10.9 Å². The highest BCUT2D eigenvalue weighted by molar-refractivity contribution is 5.98. The maximum atomic E-state index is 8.78. The van der Waals surface area contributed by atoms with Crippen LogP contribution in [-0.2, 0) is 6.42 Å². The largest absolute Gasteiger partial charge is 0.493 e. The van der Waals surface area contributed by atoms with Crippen LogP contribution in [0.1, 0.15) is 18.1 Å². The second-order valence-electron chi connectivity index (χ2n) is 4.18. The lowest BCUT2D eigenvalue weighted by Crippen LogP contribution is -2.15. The number of amidine groups is 1. The minimum atomic E-state index is -0.107. The summed E-state index contributed by atoms with van der Waals surface area (Å²) in [7, 11) is 1.56. The van der Waals surface area contributed by atoms with E-state index in [9.17, 15) is 0 Å². The molecule has 0 radical (unpaired) electrons. The van der Waals surface area contributed by atoms with Crippen molar-refractivity contribution in [3.05, 3.63) is 41.6 Å². The van der Waals surface area contributed by atoms with E-state index in [1.807, 2.05) is 12.1 Å². The summed E-state index contributed by atoms with van der Waals surface area (Å²) in [4.78, 5) is 0. The van der Waals surface area contributed by atoms with Gasteiger partial charge in [0.05, 0.1) is 18.9 Å². The molecular weight excluding hydrogens is 272 g/mol. The summed E-state index contributed by atoms with van der Waals surface area (Å²) in [5, 5.41) is 19.3. The van der Waals surface area contributed by atoms with E-state index >= 15 is 0 Å². The van der Waals surface area contributed by atoms with Gasteiger partial charge >= 0.3 is 0 Å². The molecule has 1 heterocycles. The molecule has 7 nitrogen and oxygen atoms in total. The van der Waals surface area contributed by atoms with E-state index in [4.69, 9.17) is 20.4 Å². The monoisotopic (exact) mass is 288 g/mol. The first kappa shape index (κ1) is 14.6. The third-order valence-electron chi connectivity index (χ3n) is 2.91. The van der Waals surface area contributed by atoms with Crippen LogP contribution in [0.15, 0.2) is 35.6 Å².